The van der Waals surface area contributed by atoms with Crippen molar-refractivity contribution in [3.63, 3.8) is 0 Å². The minimum Gasteiger partial charge on any atom is -0.355 e. The Kier molecular flexibility index (Phi) is 6.00. The van der Waals surface area contributed by atoms with E-state index in [1.807, 2.05) is 0 Å². The highest BCUT2D eigenvalue weighted by atomic mass is 19.1. The molecule has 5 rings (SSSR count). The molecule has 7 nitrogen and oxygen atoms in total. The van der Waals surface area contributed by atoms with Crippen molar-refractivity contribution in [2.75, 3.05) is 18.0 Å². The summed E-state index contributed by atoms with van der Waals surface area (Å²) in [5, 5.41) is 8.24. The maximum absolute atomic E-state index is 13.4. The number of anilines is 1. The van der Waals surface area contributed by atoms with Crippen LogP contribution in [0, 0.1) is 23.6 Å². The Morgan fingerprint density at radius 2 is 1.94 bits per heavy atom. The van der Waals surface area contributed by atoms with Crippen LogP contribution in [0.15, 0.2) is 35.1 Å². The third-order valence-corrected chi connectivity index (χ3v) is 7.50. The van der Waals surface area contributed by atoms with Crippen LogP contribution in [0.4, 0.5) is 10.2 Å². The molecule has 0 radical (unpaired) electrons. The zero-order valence-corrected chi connectivity index (χ0v) is 19.1. The second-order valence-corrected chi connectivity index (χ2v) is 9.58. The predicted molar refractivity (Wildman–Crippen MR) is 124 cm³/mol. The van der Waals surface area contributed by atoms with Crippen molar-refractivity contribution in [3.8, 4) is 11.3 Å². The number of nitrogens with one attached hydrogen (secondary N) is 1. The van der Waals surface area contributed by atoms with Crippen molar-refractivity contribution in [3.05, 3.63) is 36.4 Å². The summed E-state index contributed by atoms with van der Waals surface area (Å²) in [5.74, 6) is 1.58. The van der Waals surface area contributed by atoms with Gasteiger partial charge in [-0.25, -0.2) is 9.37 Å². The Labute approximate surface area is 192 Å². The number of fused-ring (bicyclic) bond motifs is 1. The van der Waals surface area contributed by atoms with Gasteiger partial charge in [-0.05, 0) is 55.4 Å². The van der Waals surface area contributed by atoms with Crippen molar-refractivity contribution in [2.45, 2.75) is 52.0 Å². The number of rotatable bonds is 4. The summed E-state index contributed by atoms with van der Waals surface area (Å²) in [6.45, 7) is 5.91. The van der Waals surface area contributed by atoms with Crippen molar-refractivity contribution in [1.29, 1.82) is 0 Å². The molecular weight excluding hydrogens is 421 g/mol. The molecule has 2 aliphatic rings. The molecule has 4 unspecified atom stereocenters. The van der Waals surface area contributed by atoms with Crippen LogP contribution in [0.3, 0.4) is 0 Å². The number of benzene rings is 1. The van der Waals surface area contributed by atoms with Crippen LogP contribution >= 0.6 is 0 Å². The van der Waals surface area contributed by atoms with Crippen LogP contribution in [0.2, 0.25) is 0 Å². The van der Waals surface area contributed by atoms with Crippen molar-refractivity contribution < 1.29 is 13.7 Å². The van der Waals surface area contributed by atoms with E-state index in [1.54, 1.807) is 12.1 Å². The largest absolute Gasteiger partial charge is 0.355 e. The lowest BCUT2D eigenvalue weighted by atomic mass is 9.78. The number of aromatic nitrogens is 3. The topological polar surface area (TPSA) is 84.2 Å². The first kappa shape index (κ1) is 21.8. The minimum absolute atomic E-state index is 0.0951. The molecule has 0 bridgehead atoms. The summed E-state index contributed by atoms with van der Waals surface area (Å²) in [5.41, 5.74) is 1.70. The van der Waals surface area contributed by atoms with Gasteiger partial charge in [0.05, 0.1) is 5.92 Å². The fourth-order valence-corrected chi connectivity index (χ4v) is 5.29. The Hall–Kier alpha value is -3.03. The molecule has 0 spiro atoms. The van der Waals surface area contributed by atoms with E-state index in [-0.39, 0.29) is 23.7 Å². The van der Waals surface area contributed by atoms with Gasteiger partial charge in [-0.1, -0.05) is 31.8 Å². The molecule has 3 heterocycles. The van der Waals surface area contributed by atoms with Crippen LogP contribution in [0.25, 0.3) is 22.4 Å². The molecule has 1 aliphatic carbocycles. The number of carbonyl (C=O) groups is 1. The van der Waals surface area contributed by atoms with E-state index >= 15 is 0 Å². The lowest BCUT2D eigenvalue weighted by Gasteiger charge is -2.37. The minimum atomic E-state index is -0.311. The lowest BCUT2D eigenvalue weighted by molar-refractivity contribution is -0.126. The Bertz CT molecular complexity index is 1130. The zero-order chi connectivity index (χ0) is 22.9. The standard InChI is InChI=1S/C25H30FN5O2/c1-15-5-3-7-20(16(15)2)29-24(32)18-6-4-12-31(13-18)23-21-22(17-8-10-19(26)11-9-17)30-33-25(21)28-14-27-23/h8-11,14-16,18,20H,3-7,12-13H2,1-2H3,(H,29,32). The highest BCUT2D eigenvalue weighted by Crippen LogP contribution is 2.35. The van der Waals surface area contributed by atoms with E-state index < -0.39 is 0 Å². The molecule has 1 N–H and O–H groups in total. The van der Waals surface area contributed by atoms with Crippen LogP contribution in [-0.2, 0) is 4.79 Å². The molecule has 8 heteroatoms. The fourth-order valence-electron chi connectivity index (χ4n) is 5.29. The number of hydrogen-bond acceptors (Lipinski definition) is 6. The molecule has 3 aromatic rings. The van der Waals surface area contributed by atoms with E-state index in [0.29, 0.717) is 41.0 Å². The molecular formula is C25H30FN5O2. The van der Waals surface area contributed by atoms with Gasteiger partial charge in [-0.15, -0.1) is 0 Å². The van der Waals surface area contributed by atoms with Crippen LogP contribution < -0.4 is 10.2 Å². The third-order valence-electron chi connectivity index (χ3n) is 7.50. The van der Waals surface area contributed by atoms with E-state index in [2.05, 4.69) is 39.2 Å². The van der Waals surface area contributed by atoms with Crippen LogP contribution in [0.1, 0.15) is 46.0 Å². The lowest BCUT2D eigenvalue weighted by Crippen LogP contribution is -2.49. The molecule has 1 aromatic carbocycles. The van der Waals surface area contributed by atoms with Crippen molar-refractivity contribution in [1.82, 2.24) is 20.4 Å². The highest BCUT2D eigenvalue weighted by Gasteiger charge is 2.33. The van der Waals surface area contributed by atoms with E-state index in [1.165, 1.54) is 31.3 Å². The maximum Gasteiger partial charge on any atom is 0.263 e. The van der Waals surface area contributed by atoms with Gasteiger partial charge in [0.2, 0.25) is 5.91 Å². The van der Waals surface area contributed by atoms with Gasteiger partial charge >= 0.3 is 0 Å². The van der Waals surface area contributed by atoms with Gasteiger partial charge in [0.15, 0.2) is 0 Å². The number of carbonyl (C=O) groups excluding carboxylic acids is 1. The van der Waals surface area contributed by atoms with Gasteiger partial charge in [-0.2, -0.15) is 4.98 Å². The number of piperidine rings is 1. The van der Waals surface area contributed by atoms with Crippen LogP contribution in [0.5, 0.6) is 0 Å². The Balaban J connectivity index is 1.38. The first-order chi connectivity index (χ1) is 16.0. The second kappa shape index (κ2) is 9.08. The molecule has 2 aromatic heterocycles. The molecule has 1 saturated carbocycles. The average molecular weight is 452 g/mol. The molecule has 4 atom stereocenters. The first-order valence-corrected chi connectivity index (χ1v) is 11.9. The zero-order valence-electron chi connectivity index (χ0n) is 19.1. The normalized spacial score (nSPS) is 25.8. The van der Waals surface area contributed by atoms with Crippen molar-refractivity contribution in [2.24, 2.45) is 17.8 Å². The van der Waals surface area contributed by atoms with Crippen molar-refractivity contribution >= 4 is 22.8 Å². The summed E-state index contributed by atoms with van der Waals surface area (Å²) in [4.78, 5) is 24.1. The third kappa shape index (κ3) is 4.30. The second-order valence-electron chi connectivity index (χ2n) is 9.58. The molecule has 33 heavy (non-hydrogen) atoms. The smallest absolute Gasteiger partial charge is 0.263 e. The van der Waals surface area contributed by atoms with Gasteiger partial charge in [0, 0.05) is 24.7 Å². The SMILES string of the molecule is CC1CCCC(NC(=O)C2CCCN(c3ncnc4onc(-c5ccc(F)cc5)c34)C2)C1C. The number of amides is 1. The van der Waals surface area contributed by atoms with Gasteiger partial charge in [0.25, 0.3) is 5.71 Å². The molecule has 1 aliphatic heterocycles. The maximum atomic E-state index is 13.4. The monoisotopic (exact) mass is 451 g/mol. The predicted octanol–water partition coefficient (Wildman–Crippen LogP) is 4.58. The molecule has 2 fully saturated rings. The first-order valence-electron chi connectivity index (χ1n) is 11.9. The average Bonchev–Trinajstić information content (AvgIpc) is 3.27. The fraction of sp³-hybridized carbons (Fsp3) is 0.520. The summed E-state index contributed by atoms with van der Waals surface area (Å²) in [6.07, 6.45) is 6.70. The molecule has 174 valence electrons. The Morgan fingerprint density at radius 3 is 2.76 bits per heavy atom. The number of hydrogen-bond donors (Lipinski definition) is 1. The molecule has 1 amide bonds. The van der Waals surface area contributed by atoms with Gasteiger partial charge in [-0.3, -0.25) is 4.79 Å². The number of halogens is 1. The van der Waals surface area contributed by atoms with E-state index in [0.717, 1.165) is 31.4 Å². The van der Waals surface area contributed by atoms with E-state index in [9.17, 15) is 9.18 Å². The Morgan fingerprint density at radius 1 is 1.12 bits per heavy atom. The van der Waals surface area contributed by atoms with E-state index in [4.69, 9.17) is 4.52 Å². The van der Waals surface area contributed by atoms with Gasteiger partial charge in [0.1, 0.15) is 29.0 Å². The summed E-state index contributed by atoms with van der Waals surface area (Å²) in [6, 6.07) is 6.39. The van der Waals surface area contributed by atoms with Crippen LogP contribution in [-0.4, -0.2) is 40.2 Å². The van der Waals surface area contributed by atoms with Gasteiger partial charge < -0.3 is 14.7 Å². The highest BCUT2D eigenvalue weighted by molar-refractivity contribution is 5.98. The summed E-state index contributed by atoms with van der Waals surface area (Å²) < 4.78 is 18.9. The summed E-state index contributed by atoms with van der Waals surface area (Å²) >= 11 is 0. The summed E-state index contributed by atoms with van der Waals surface area (Å²) in [7, 11) is 0. The quantitative estimate of drug-likeness (QED) is 0.625. The number of nitrogens with zero attached hydrogens (tertiary/aromatic N) is 4. The molecule has 1 saturated heterocycles.